The number of H-pyrrole nitrogens is 1. The first-order chi connectivity index (χ1) is 13.9. The van der Waals surface area contributed by atoms with E-state index in [0.29, 0.717) is 34.8 Å². The molecule has 0 amide bonds. The number of esters is 1. The van der Waals surface area contributed by atoms with Gasteiger partial charge in [0.1, 0.15) is 23.5 Å². The second kappa shape index (κ2) is 9.53. The van der Waals surface area contributed by atoms with Crippen LogP contribution in [0.15, 0.2) is 30.3 Å². The molecule has 0 aliphatic rings. The second-order valence-electron chi connectivity index (χ2n) is 5.82. The predicted octanol–water partition coefficient (Wildman–Crippen LogP) is 4.92. The largest absolute Gasteiger partial charge is 0.480 e. The summed E-state index contributed by atoms with van der Waals surface area (Å²) < 4.78 is 25.4. The zero-order valence-electron chi connectivity index (χ0n) is 15.1. The lowest BCUT2D eigenvalue weighted by atomic mass is 10.1. The SMILES string of the molecule is CCOC(=O)COc1c(I)cc(/C=C(/C#N)c2nc3ccc(F)cc3[nH]2)cc1I. The quantitative estimate of drug-likeness (QED) is 0.241. The molecule has 0 atom stereocenters. The topological polar surface area (TPSA) is 88.0 Å². The van der Waals surface area contributed by atoms with Crippen molar-refractivity contribution < 1.29 is 18.7 Å². The molecule has 9 heteroatoms. The third-order valence-electron chi connectivity index (χ3n) is 3.79. The molecule has 0 saturated heterocycles. The van der Waals surface area contributed by atoms with Gasteiger partial charge in [-0.25, -0.2) is 14.2 Å². The van der Waals surface area contributed by atoms with E-state index in [1.54, 1.807) is 19.1 Å². The van der Waals surface area contributed by atoms with Gasteiger partial charge in [0, 0.05) is 0 Å². The first-order valence-electron chi connectivity index (χ1n) is 8.46. The molecule has 0 aliphatic carbocycles. The Morgan fingerprint density at radius 1 is 1.31 bits per heavy atom. The Morgan fingerprint density at radius 2 is 2.03 bits per heavy atom. The maximum atomic E-state index is 13.4. The highest BCUT2D eigenvalue weighted by Gasteiger charge is 2.13. The van der Waals surface area contributed by atoms with Gasteiger partial charge in [0.05, 0.1) is 30.4 Å². The van der Waals surface area contributed by atoms with E-state index >= 15 is 0 Å². The summed E-state index contributed by atoms with van der Waals surface area (Å²) in [4.78, 5) is 18.8. The molecule has 0 radical (unpaired) electrons. The van der Waals surface area contributed by atoms with Crippen molar-refractivity contribution in [3.05, 3.63) is 54.7 Å². The summed E-state index contributed by atoms with van der Waals surface area (Å²) in [5, 5.41) is 9.58. The van der Waals surface area contributed by atoms with Crippen molar-refractivity contribution >= 4 is 73.8 Å². The van der Waals surface area contributed by atoms with E-state index in [4.69, 9.17) is 9.47 Å². The first kappa shape index (κ1) is 21.5. The predicted molar refractivity (Wildman–Crippen MR) is 124 cm³/mol. The van der Waals surface area contributed by atoms with Gasteiger partial charge in [0.25, 0.3) is 0 Å². The van der Waals surface area contributed by atoms with Gasteiger partial charge >= 0.3 is 5.97 Å². The summed E-state index contributed by atoms with van der Waals surface area (Å²) in [6.07, 6.45) is 1.69. The van der Waals surface area contributed by atoms with Crippen LogP contribution in [0, 0.1) is 24.3 Å². The number of carbonyl (C=O) groups is 1. The minimum Gasteiger partial charge on any atom is -0.480 e. The fourth-order valence-corrected chi connectivity index (χ4v) is 4.69. The van der Waals surface area contributed by atoms with Gasteiger partial charge < -0.3 is 14.5 Å². The van der Waals surface area contributed by atoms with Gasteiger partial charge in [0.2, 0.25) is 0 Å². The highest BCUT2D eigenvalue weighted by atomic mass is 127. The molecular weight excluding hydrogens is 603 g/mol. The number of hydrogen-bond donors (Lipinski definition) is 1. The van der Waals surface area contributed by atoms with Crippen molar-refractivity contribution in [1.82, 2.24) is 9.97 Å². The molecule has 0 unspecified atom stereocenters. The van der Waals surface area contributed by atoms with E-state index < -0.39 is 5.97 Å². The summed E-state index contributed by atoms with van der Waals surface area (Å²) in [6, 6.07) is 10.0. The number of nitriles is 1. The Hall–Kier alpha value is -2.20. The Balaban J connectivity index is 1.89. The molecule has 3 aromatic rings. The fourth-order valence-electron chi connectivity index (χ4n) is 2.56. The molecule has 1 N–H and O–H groups in total. The summed E-state index contributed by atoms with van der Waals surface area (Å²) in [5.74, 6) is 0.128. The standard InChI is InChI=1S/C20H14FI2N3O3/c1-2-28-18(27)10-29-19-14(22)6-11(7-15(19)23)5-12(9-24)20-25-16-4-3-13(21)8-17(16)26-20/h3-8H,2,10H2,1H3,(H,25,26)/b12-5-. The molecule has 148 valence electrons. The fraction of sp³-hybridized carbons (Fsp3) is 0.150. The number of imidazole rings is 1. The maximum Gasteiger partial charge on any atom is 0.344 e. The van der Waals surface area contributed by atoms with E-state index in [1.165, 1.54) is 12.1 Å². The van der Waals surface area contributed by atoms with Gasteiger partial charge in [0.15, 0.2) is 6.61 Å². The summed E-state index contributed by atoms with van der Waals surface area (Å²) in [5.41, 5.74) is 2.18. The Kier molecular flexibility index (Phi) is 7.07. The van der Waals surface area contributed by atoms with Crippen LogP contribution >= 0.6 is 45.2 Å². The molecular formula is C20H14FI2N3O3. The van der Waals surface area contributed by atoms with Crippen LogP contribution in [0.1, 0.15) is 18.3 Å². The zero-order chi connectivity index (χ0) is 21.0. The molecule has 1 aromatic heterocycles. The van der Waals surface area contributed by atoms with E-state index in [-0.39, 0.29) is 12.4 Å². The molecule has 3 rings (SSSR count). The number of halogens is 3. The van der Waals surface area contributed by atoms with Crippen LogP contribution in [-0.2, 0) is 9.53 Å². The van der Waals surface area contributed by atoms with Crippen LogP contribution in [-0.4, -0.2) is 29.2 Å². The number of ether oxygens (including phenoxy) is 2. The number of rotatable bonds is 6. The third-order valence-corrected chi connectivity index (χ3v) is 5.39. The van der Waals surface area contributed by atoms with Gasteiger partial charge in [-0.3, -0.25) is 0 Å². The number of nitrogens with zero attached hydrogens (tertiary/aromatic N) is 2. The summed E-state index contributed by atoms with van der Waals surface area (Å²) in [6.45, 7) is 1.86. The highest BCUT2D eigenvalue weighted by molar-refractivity contribution is 14.1. The van der Waals surface area contributed by atoms with Gasteiger partial charge in [-0.1, -0.05) is 0 Å². The van der Waals surface area contributed by atoms with E-state index in [2.05, 4.69) is 61.2 Å². The molecule has 0 bridgehead atoms. The number of aromatic amines is 1. The van der Waals surface area contributed by atoms with Crippen LogP contribution in [0.2, 0.25) is 0 Å². The van der Waals surface area contributed by atoms with E-state index in [0.717, 1.165) is 12.7 Å². The Morgan fingerprint density at radius 3 is 2.69 bits per heavy atom. The van der Waals surface area contributed by atoms with Crippen LogP contribution in [0.5, 0.6) is 5.75 Å². The zero-order valence-corrected chi connectivity index (χ0v) is 19.4. The van der Waals surface area contributed by atoms with Crippen molar-refractivity contribution in [3.8, 4) is 11.8 Å². The maximum absolute atomic E-state index is 13.4. The molecule has 29 heavy (non-hydrogen) atoms. The summed E-state index contributed by atoms with van der Waals surface area (Å²) in [7, 11) is 0. The molecule has 0 aliphatic heterocycles. The number of hydrogen-bond acceptors (Lipinski definition) is 5. The number of nitrogens with one attached hydrogen (secondary N) is 1. The number of aromatic nitrogens is 2. The normalized spacial score (nSPS) is 11.3. The minimum atomic E-state index is -0.434. The average Bonchev–Trinajstić information content (AvgIpc) is 3.08. The van der Waals surface area contributed by atoms with E-state index in [9.17, 15) is 14.4 Å². The Labute approximate surface area is 193 Å². The Bertz CT molecular complexity index is 1130. The number of benzene rings is 2. The molecule has 6 nitrogen and oxygen atoms in total. The molecule has 0 fully saturated rings. The van der Waals surface area contributed by atoms with Gasteiger partial charge in [-0.05, 0) is 94.1 Å². The molecule has 2 aromatic carbocycles. The molecule has 1 heterocycles. The molecule has 0 saturated carbocycles. The van der Waals surface area contributed by atoms with Crippen molar-refractivity contribution in [2.75, 3.05) is 13.2 Å². The highest BCUT2D eigenvalue weighted by Crippen LogP contribution is 2.30. The average molecular weight is 617 g/mol. The van der Waals surface area contributed by atoms with Crippen molar-refractivity contribution in [2.45, 2.75) is 6.92 Å². The minimum absolute atomic E-state index is 0.173. The number of fused-ring (bicyclic) bond motifs is 1. The van der Waals surface area contributed by atoms with Crippen molar-refractivity contribution in [3.63, 3.8) is 0 Å². The van der Waals surface area contributed by atoms with Crippen LogP contribution in [0.25, 0.3) is 22.7 Å². The monoisotopic (exact) mass is 617 g/mol. The lowest BCUT2D eigenvalue weighted by Gasteiger charge is -2.11. The van der Waals surface area contributed by atoms with Gasteiger partial charge in [-0.15, -0.1) is 0 Å². The number of allylic oxidation sites excluding steroid dienone is 1. The molecule has 0 spiro atoms. The second-order valence-corrected chi connectivity index (χ2v) is 8.15. The number of carbonyl (C=O) groups excluding carboxylic acids is 1. The lowest BCUT2D eigenvalue weighted by molar-refractivity contribution is -0.145. The first-order valence-corrected chi connectivity index (χ1v) is 10.6. The van der Waals surface area contributed by atoms with Gasteiger partial charge in [-0.2, -0.15) is 5.26 Å². The van der Waals surface area contributed by atoms with Crippen LogP contribution in [0.3, 0.4) is 0 Å². The smallest absolute Gasteiger partial charge is 0.344 e. The van der Waals surface area contributed by atoms with Crippen LogP contribution in [0.4, 0.5) is 4.39 Å². The van der Waals surface area contributed by atoms with Crippen LogP contribution < -0.4 is 4.74 Å². The van der Waals surface area contributed by atoms with Crippen molar-refractivity contribution in [1.29, 1.82) is 5.26 Å². The lowest BCUT2D eigenvalue weighted by Crippen LogP contribution is -2.15. The summed E-state index contributed by atoms with van der Waals surface area (Å²) >= 11 is 4.22. The van der Waals surface area contributed by atoms with E-state index in [1.807, 2.05) is 12.1 Å². The third kappa shape index (κ3) is 5.24. The van der Waals surface area contributed by atoms with Crippen molar-refractivity contribution in [2.24, 2.45) is 0 Å².